The maximum absolute atomic E-state index is 13.0. The highest BCUT2D eigenvalue weighted by Gasteiger charge is 2.41. The molecular formula is C12H11ClFNO2. The minimum absolute atomic E-state index is 0.0172. The molecule has 2 aliphatic rings. The van der Waals surface area contributed by atoms with Gasteiger partial charge in [-0.15, -0.1) is 0 Å². The molecule has 1 aromatic rings. The quantitative estimate of drug-likeness (QED) is 0.769. The zero-order valence-corrected chi connectivity index (χ0v) is 9.78. The van der Waals surface area contributed by atoms with E-state index in [0.29, 0.717) is 18.7 Å². The molecule has 0 spiro atoms. The highest BCUT2D eigenvalue weighted by atomic mass is 35.5. The molecule has 1 aromatic carbocycles. The molecule has 2 aliphatic heterocycles. The summed E-state index contributed by atoms with van der Waals surface area (Å²) in [7, 11) is 0. The number of nitrogens with zero attached hydrogens (tertiary/aromatic N) is 1. The summed E-state index contributed by atoms with van der Waals surface area (Å²) in [6.07, 6.45) is 1.07. The number of hydrogen-bond donors (Lipinski definition) is 0. The van der Waals surface area contributed by atoms with Crippen LogP contribution in [0.3, 0.4) is 0 Å². The van der Waals surface area contributed by atoms with Gasteiger partial charge in [0.1, 0.15) is 5.82 Å². The zero-order valence-electron chi connectivity index (χ0n) is 9.03. The fourth-order valence-electron chi connectivity index (χ4n) is 2.44. The molecule has 3 nitrogen and oxygen atoms in total. The van der Waals surface area contributed by atoms with Gasteiger partial charge < -0.3 is 9.64 Å². The fourth-order valence-corrected chi connectivity index (χ4v) is 2.62. The van der Waals surface area contributed by atoms with E-state index in [-0.39, 0.29) is 23.1 Å². The summed E-state index contributed by atoms with van der Waals surface area (Å²) in [6, 6.07) is 4.24. The van der Waals surface area contributed by atoms with Crippen molar-refractivity contribution in [2.45, 2.75) is 18.6 Å². The van der Waals surface area contributed by atoms with E-state index in [1.807, 2.05) is 0 Å². The van der Waals surface area contributed by atoms with Gasteiger partial charge in [0, 0.05) is 12.1 Å². The summed E-state index contributed by atoms with van der Waals surface area (Å²) in [5, 5.41) is -0.0172. The topological polar surface area (TPSA) is 29.5 Å². The number of rotatable bonds is 1. The van der Waals surface area contributed by atoms with Crippen LogP contribution in [0.2, 0.25) is 5.02 Å². The number of halogens is 2. The number of carbonyl (C=O) groups excluding carboxylic acids is 1. The SMILES string of the molecule is O=C(c1ccc(F)c(Cl)c1)N1C[C@H]2C[C@H]1CO2. The molecule has 0 aromatic heterocycles. The lowest BCUT2D eigenvalue weighted by molar-refractivity contribution is 0.0259. The predicted octanol–water partition coefficient (Wildman–Crippen LogP) is 2.09. The van der Waals surface area contributed by atoms with E-state index in [1.165, 1.54) is 18.2 Å². The molecule has 1 amide bonds. The fraction of sp³-hybridized carbons (Fsp3) is 0.417. The van der Waals surface area contributed by atoms with Crippen LogP contribution >= 0.6 is 11.6 Å². The average Bonchev–Trinajstić information content (AvgIpc) is 2.93. The lowest BCUT2D eigenvalue weighted by Crippen LogP contribution is -2.41. The van der Waals surface area contributed by atoms with Gasteiger partial charge >= 0.3 is 0 Å². The van der Waals surface area contributed by atoms with Crippen LogP contribution in [0.15, 0.2) is 18.2 Å². The molecular weight excluding hydrogens is 245 g/mol. The summed E-state index contributed by atoms with van der Waals surface area (Å²) in [5.41, 5.74) is 0.434. The van der Waals surface area contributed by atoms with Gasteiger partial charge in [-0.05, 0) is 24.6 Å². The van der Waals surface area contributed by atoms with Gasteiger partial charge in [-0.2, -0.15) is 0 Å². The van der Waals surface area contributed by atoms with Gasteiger partial charge in [-0.3, -0.25) is 4.79 Å². The molecule has 3 rings (SSSR count). The Hall–Kier alpha value is -1.13. The summed E-state index contributed by atoms with van der Waals surface area (Å²) in [6.45, 7) is 1.23. The van der Waals surface area contributed by atoms with E-state index >= 15 is 0 Å². The maximum atomic E-state index is 13.0. The van der Waals surface area contributed by atoms with Gasteiger partial charge in [0.15, 0.2) is 0 Å². The van der Waals surface area contributed by atoms with Crippen molar-refractivity contribution in [3.05, 3.63) is 34.6 Å². The van der Waals surface area contributed by atoms with Gasteiger partial charge in [0.25, 0.3) is 5.91 Å². The number of amides is 1. The lowest BCUT2D eigenvalue weighted by Gasteiger charge is -2.26. The summed E-state index contributed by atoms with van der Waals surface area (Å²) in [5.74, 6) is -0.600. The average molecular weight is 256 g/mol. The Morgan fingerprint density at radius 3 is 2.94 bits per heavy atom. The number of hydrogen-bond acceptors (Lipinski definition) is 2. The van der Waals surface area contributed by atoms with E-state index in [4.69, 9.17) is 16.3 Å². The van der Waals surface area contributed by atoms with Crippen LogP contribution < -0.4 is 0 Å². The first-order valence-electron chi connectivity index (χ1n) is 5.53. The zero-order chi connectivity index (χ0) is 12.0. The number of carbonyl (C=O) groups is 1. The first-order chi connectivity index (χ1) is 8.15. The van der Waals surface area contributed by atoms with Crippen molar-refractivity contribution in [3.8, 4) is 0 Å². The second-order valence-electron chi connectivity index (χ2n) is 4.43. The second kappa shape index (κ2) is 3.96. The van der Waals surface area contributed by atoms with E-state index in [0.717, 1.165) is 6.42 Å². The van der Waals surface area contributed by atoms with E-state index in [2.05, 4.69) is 0 Å². The first kappa shape index (κ1) is 11.0. The minimum atomic E-state index is -0.505. The molecule has 0 saturated carbocycles. The largest absolute Gasteiger partial charge is 0.374 e. The third kappa shape index (κ3) is 1.81. The first-order valence-corrected chi connectivity index (χ1v) is 5.90. The van der Waals surface area contributed by atoms with E-state index in [1.54, 1.807) is 4.90 Å². The Morgan fingerprint density at radius 2 is 2.35 bits per heavy atom. The molecule has 2 fully saturated rings. The highest BCUT2D eigenvalue weighted by molar-refractivity contribution is 6.31. The number of benzene rings is 1. The number of fused-ring (bicyclic) bond motifs is 2. The van der Waals surface area contributed by atoms with E-state index in [9.17, 15) is 9.18 Å². The van der Waals surface area contributed by atoms with Crippen molar-refractivity contribution in [3.63, 3.8) is 0 Å². The summed E-state index contributed by atoms with van der Waals surface area (Å²) < 4.78 is 18.4. The molecule has 0 aliphatic carbocycles. The van der Waals surface area contributed by atoms with Crippen molar-refractivity contribution < 1.29 is 13.9 Å². The third-order valence-corrected chi connectivity index (χ3v) is 3.62. The summed E-state index contributed by atoms with van der Waals surface area (Å²) >= 11 is 5.67. The molecule has 0 N–H and O–H groups in total. The van der Waals surface area contributed by atoms with Crippen LogP contribution in [0.4, 0.5) is 4.39 Å². The van der Waals surface area contributed by atoms with Crippen molar-refractivity contribution in [1.82, 2.24) is 4.90 Å². The van der Waals surface area contributed by atoms with Crippen molar-refractivity contribution in [2.24, 2.45) is 0 Å². The van der Waals surface area contributed by atoms with Gasteiger partial charge in [0.05, 0.1) is 23.8 Å². The van der Waals surface area contributed by atoms with E-state index < -0.39 is 5.82 Å². The Morgan fingerprint density at radius 1 is 1.53 bits per heavy atom. The molecule has 0 radical (unpaired) electrons. The number of likely N-dealkylation sites (tertiary alicyclic amines) is 1. The Balaban J connectivity index is 1.84. The Bertz CT molecular complexity index is 480. The maximum Gasteiger partial charge on any atom is 0.254 e. The van der Waals surface area contributed by atoms with Gasteiger partial charge in [-0.1, -0.05) is 11.6 Å². The molecule has 2 atom stereocenters. The third-order valence-electron chi connectivity index (χ3n) is 3.33. The smallest absolute Gasteiger partial charge is 0.254 e. The molecule has 17 heavy (non-hydrogen) atoms. The molecule has 2 bridgehead atoms. The van der Waals surface area contributed by atoms with Crippen LogP contribution in [-0.4, -0.2) is 36.1 Å². The standard InChI is InChI=1S/C12H11ClFNO2/c13-10-3-7(1-2-11(10)14)12(16)15-5-9-4-8(15)6-17-9/h1-3,8-9H,4-6H2/t8-,9+/m0/s1. The van der Waals surface area contributed by atoms with Crippen LogP contribution in [0, 0.1) is 5.82 Å². The number of ether oxygens (including phenoxy) is 1. The molecule has 90 valence electrons. The second-order valence-corrected chi connectivity index (χ2v) is 4.84. The number of morpholine rings is 1. The van der Waals surface area contributed by atoms with Crippen LogP contribution in [0.25, 0.3) is 0 Å². The molecule has 2 saturated heterocycles. The Kier molecular flexibility index (Phi) is 2.56. The van der Waals surface area contributed by atoms with Gasteiger partial charge in [-0.25, -0.2) is 4.39 Å². The summed E-state index contributed by atoms with van der Waals surface area (Å²) in [4.78, 5) is 14.0. The van der Waals surface area contributed by atoms with Crippen molar-refractivity contribution >= 4 is 17.5 Å². The monoisotopic (exact) mass is 255 g/mol. The molecule has 0 unspecified atom stereocenters. The lowest BCUT2D eigenvalue weighted by atomic mass is 10.1. The van der Waals surface area contributed by atoms with Crippen LogP contribution in [0.5, 0.6) is 0 Å². The Labute approximate surface area is 103 Å². The minimum Gasteiger partial charge on any atom is -0.374 e. The van der Waals surface area contributed by atoms with Crippen LogP contribution in [-0.2, 0) is 4.74 Å². The molecule has 5 heteroatoms. The van der Waals surface area contributed by atoms with Crippen molar-refractivity contribution in [2.75, 3.05) is 13.2 Å². The predicted molar refractivity (Wildman–Crippen MR) is 60.6 cm³/mol. The van der Waals surface area contributed by atoms with Crippen LogP contribution in [0.1, 0.15) is 16.8 Å². The van der Waals surface area contributed by atoms with Gasteiger partial charge in [0.2, 0.25) is 0 Å². The molecule has 2 heterocycles. The van der Waals surface area contributed by atoms with Crippen molar-refractivity contribution in [1.29, 1.82) is 0 Å². The normalized spacial score (nSPS) is 26.6. The highest BCUT2D eigenvalue weighted by Crippen LogP contribution is 2.29.